The first-order chi connectivity index (χ1) is 10.3. The van der Waals surface area contributed by atoms with Crippen LogP contribution in [0.15, 0.2) is 53.4 Å². The van der Waals surface area contributed by atoms with Crippen LogP contribution in [0.4, 0.5) is 10.1 Å². The number of halogens is 1. The lowest BCUT2D eigenvalue weighted by atomic mass is 10.2. The average Bonchev–Trinajstić information content (AvgIpc) is 2.48. The minimum absolute atomic E-state index is 0.0741. The van der Waals surface area contributed by atoms with Crippen molar-refractivity contribution in [3.63, 3.8) is 0 Å². The van der Waals surface area contributed by atoms with Crippen LogP contribution in [0.5, 0.6) is 0 Å². The number of hydrogen-bond donors (Lipinski definition) is 0. The molecule has 0 saturated carbocycles. The number of hydrogen-bond acceptors (Lipinski definition) is 4. The van der Waals surface area contributed by atoms with Gasteiger partial charge < -0.3 is 0 Å². The zero-order valence-corrected chi connectivity index (χ0v) is 12.5. The van der Waals surface area contributed by atoms with Gasteiger partial charge in [-0.05, 0) is 24.3 Å². The molecule has 22 heavy (non-hydrogen) atoms. The summed E-state index contributed by atoms with van der Waals surface area (Å²) in [6.45, 7) is -0.156. The minimum Gasteiger partial charge on any atom is -0.258 e. The van der Waals surface area contributed by atoms with E-state index in [1.54, 1.807) is 6.07 Å². The van der Waals surface area contributed by atoms with E-state index in [1.165, 1.54) is 25.2 Å². The molecule has 0 amide bonds. The third-order valence-electron chi connectivity index (χ3n) is 3.10. The largest absolute Gasteiger partial charge is 0.273 e. The lowest BCUT2D eigenvalue weighted by Gasteiger charge is -2.17. The van der Waals surface area contributed by atoms with Crippen LogP contribution in [-0.4, -0.2) is 24.7 Å². The van der Waals surface area contributed by atoms with Crippen molar-refractivity contribution >= 4 is 15.7 Å². The fourth-order valence-corrected chi connectivity index (χ4v) is 3.08. The summed E-state index contributed by atoms with van der Waals surface area (Å²) >= 11 is 0. The van der Waals surface area contributed by atoms with Crippen molar-refractivity contribution < 1.29 is 17.7 Å². The van der Waals surface area contributed by atoms with Crippen molar-refractivity contribution in [3.8, 4) is 0 Å². The van der Waals surface area contributed by atoms with Crippen LogP contribution in [0.3, 0.4) is 0 Å². The topological polar surface area (TPSA) is 80.5 Å². The summed E-state index contributed by atoms with van der Waals surface area (Å²) in [6.07, 6.45) is 0. The van der Waals surface area contributed by atoms with Crippen molar-refractivity contribution in [2.45, 2.75) is 11.4 Å². The summed E-state index contributed by atoms with van der Waals surface area (Å²) in [5.41, 5.74) is 0.129. The number of sulfonamides is 1. The maximum Gasteiger partial charge on any atom is 0.273 e. The summed E-state index contributed by atoms with van der Waals surface area (Å²) in [5.74, 6) is -0.541. The van der Waals surface area contributed by atoms with Gasteiger partial charge in [-0.25, -0.2) is 12.8 Å². The molecule has 0 N–H and O–H groups in total. The van der Waals surface area contributed by atoms with E-state index in [1.807, 2.05) is 0 Å². The van der Waals surface area contributed by atoms with Gasteiger partial charge in [0.25, 0.3) is 5.69 Å². The number of rotatable bonds is 5. The molecule has 8 heteroatoms. The van der Waals surface area contributed by atoms with Gasteiger partial charge in [-0.1, -0.05) is 18.2 Å². The molecular weight excluding hydrogens is 311 g/mol. The van der Waals surface area contributed by atoms with Gasteiger partial charge in [0, 0.05) is 25.2 Å². The lowest BCUT2D eigenvalue weighted by molar-refractivity contribution is -0.385. The van der Waals surface area contributed by atoms with E-state index in [0.29, 0.717) is 0 Å². The second kappa shape index (κ2) is 6.20. The molecule has 0 unspecified atom stereocenters. The maximum absolute atomic E-state index is 12.9. The zero-order valence-electron chi connectivity index (χ0n) is 11.6. The van der Waals surface area contributed by atoms with Crippen LogP contribution in [0.25, 0.3) is 0 Å². The summed E-state index contributed by atoms with van der Waals surface area (Å²) in [7, 11) is -2.54. The van der Waals surface area contributed by atoms with E-state index < -0.39 is 20.8 Å². The van der Waals surface area contributed by atoms with Crippen molar-refractivity contribution in [3.05, 3.63) is 70.0 Å². The fourth-order valence-electron chi connectivity index (χ4n) is 1.93. The Hall–Kier alpha value is -2.32. The number of benzene rings is 2. The number of nitro benzene ring substituents is 1. The van der Waals surface area contributed by atoms with Crippen LogP contribution in [0.2, 0.25) is 0 Å². The Balaban J connectivity index is 2.31. The van der Waals surface area contributed by atoms with Gasteiger partial charge in [-0.2, -0.15) is 4.31 Å². The molecule has 0 aromatic heterocycles. The summed E-state index contributed by atoms with van der Waals surface area (Å²) in [4.78, 5) is 10.3. The Kier molecular flexibility index (Phi) is 4.53. The molecule has 0 aliphatic heterocycles. The molecule has 6 nitrogen and oxygen atoms in total. The van der Waals surface area contributed by atoms with Crippen LogP contribution < -0.4 is 0 Å². The Morgan fingerprint density at radius 3 is 2.32 bits per heavy atom. The normalized spacial score (nSPS) is 11.6. The number of nitro groups is 1. The van der Waals surface area contributed by atoms with Crippen LogP contribution >= 0.6 is 0 Å². The second-order valence-corrected chi connectivity index (χ2v) is 6.65. The lowest BCUT2D eigenvalue weighted by Crippen LogP contribution is -2.26. The average molecular weight is 324 g/mol. The molecule has 2 rings (SSSR count). The van der Waals surface area contributed by atoms with Crippen molar-refractivity contribution in [2.24, 2.45) is 0 Å². The van der Waals surface area contributed by atoms with Crippen LogP contribution in [-0.2, 0) is 16.6 Å². The monoisotopic (exact) mass is 324 g/mol. The van der Waals surface area contributed by atoms with Gasteiger partial charge in [0.15, 0.2) is 0 Å². The molecule has 0 saturated heterocycles. The third-order valence-corrected chi connectivity index (χ3v) is 4.92. The van der Waals surface area contributed by atoms with E-state index >= 15 is 0 Å². The molecule has 116 valence electrons. The molecular formula is C14H13FN2O4S. The highest BCUT2D eigenvalue weighted by Gasteiger charge is 2.23. The van der Waals surface area contributed by atoms with Gasteiger partial charge in [-0.3, -0.25) is 10.1 Å². The Bertz CT molecular complexity index is 791. The molecule has 0 aliphatic carbocycles. The molecule has 2 aromatic carbocycles. The quantitative estimate of drug-likeness (QED) is 0.625. The third kappa shape index (κ3) is 3.29. The predicted octanol–water partition coefficient (Wildman–Crippen LogP) is 2.55. The highest BCUT2D eigenvalue weighted by Crippen LogP contribution is 2.22. The minimum atomic E-state index is -3.85. The van der Waals surface area contributed by atoms with Gasteiger partial charge in [-0.15, -0.1) is 0 Å². The summed E-state index contributed by atoms with van der Waals surface area (Å²) in [6, 6.07) is 10.3. The highest BCUT2D eigenvalue weighted by molar-refractivity contribution is 7.89. The highest BCUT2D eigenvalue weighted by atomic mass is 32.2. The molecule has 0 aliphatic rings. The van der Waals surface area contributed by atoms with Gasteiger partial charge in [0.05, 0.1) is 9.82 Å². The standard InChI is InChI=1S/C14H13FN2O4S/c1-16(10-11-4-2-3-5-14(11)17(18)19)22(20,21)13-8-6-12(15)7-9-13/h2-9H,10H2,1H3. The van der Waals surface area contributed by atoms with E-state index in [9.17, 15) is 22.9 Å². The molecule has 0 atom stereocenters. The van der Waals surface area contributed by atoms with Crippen molar-refractivity contribution in [1.82, 2.24) is 4.31 Å². The SMILES string of the molecule is CN(Cc1ccccc1[N+](=O)[O-])S(=O)(=O)c1ccc(F)cc1. The summed E-state index contributed by atoms with van der Waals surface area (Å²) < 4.78 is 38.6. The van der Waals surface area contributed by atoms with Crippen LogP contribution in [0.1, 0.15) is 5.56 Å². The van der Waals surface area contributed by atoms with Gasteiger partial charge in [0.1, 0.15) is 5.82 Å². The van der Waals surface area contributed by atoms with E-state index in [-0.39, 0.29) is 22.7 Å². The summed E-state index contributed by atoms with van der Waals surface area (Å²) in [5, 5.41) is 11.0. The molecule has 0 bridgehead atoms. The van der Waals surface area contributed by atoms with Gasteiger partial charge in [0.2, 0.25) is 10.0 Å². The van der Waals surface area contributed by atoms with E-state index in [4.69, 9.17) is 0 Å². The first-order valence-corrected chi connectivity index (χ1v) is 7.70. The Morgan fingerprint density at radius 1 is 1.14 bits per heavy atom. The zero-order chi connectivity index (χ0) is 16.3. The van der Waals surface area contributed by atoms with Crippen LogP contribution in [0, 0.1) is 15.9 Å². The maximum atomic E-state index is 12.9. The first-order valence-electron chi connectivity index (χ1n) is 6.26. The molecule has 0 fully saturated rings. The molecule has 2 aromatic rings. The number of nitrogens with zero attached hydrogens (tertiary/aromatic N) is 2. The van der Waals surface area contributed by atoms with Crippen molar-refractivity contribution in [1.29, 1.82) is 0 Å². The molecule has 0 radical (unpaired) electrons. The first kappa shape index (κ1) is 16.1. The predicted molar refractivity (Wildman–Crippen MR) is 78.1 cm³/mol. The van der Waals surface area contributed by atoms with Crippen molar-refractivity contribution in [2.75, 3.05) is 7.05 Å². The van der Waals surface area contributed by atoms with E-state index in [2.05, 4.69) is 0 Å². The van der Waals surface area contributed by atoms with E-state index in [0.717, 1.165) is 28.6 Å². The Labute approximate surface area is 127 Å². The number of para-hydroxylation sites is 1. The second-order valence-electron chi connectivity index (χ2n) is 4.60. The Morgan fingerprint density at radius 2 is 1.73 bits per heavy atom. The fraction of sp³-hybridized carbons (Fsp3) is 0.143. The molecule has 0 heterocycles. The smallest absolute Gasteiger partial charge is 0.258 e. The van der Waals surface area contributed by atoms with Gasteiger partial charge >= 0.3 is 0 Å². The molecule has 0 spiro atoms.